The van der Waals surface area contributed by atoms with Crippen LogP contribution in [-0.2, 0) is 27.7 Å². The van der Waals surface area contributed by atoms with E-state index in [1.165, 1.54) is 35.2 Å². The van der Waals surface area contributed by atoms with Gasteiger partial charge in [-0.05, 0) is 35.7 Å². The van der Waals surface area contributed by atoms with Gasteiger partial charge in [0.2, 0.25) is 10.0 Å². The molecule has 0 saturated carbocycles. The van der Waals surface area contributed by atoms with Crippen LogP contribution in [0.2, 0.25) is 0 Å². The van der Waals surface area contributed by atoms with Crippen molar-refractivity contribution in [3.63, 3.8) is 0 Å². The molecule has 1 heterocycles. The molecule has 120 valence electrons. The van der Waals surface area contributed by atoms with Crippen LogP contribution in [0.5, 0.6) is 0 Å². The molecule has 0 fully saturated rings. The minimum absolute atomic E-state index is 0.111. The number of esters is 1. The van der Waals surface area contributed by atoms with E-state index >= 15 is 0 Å². The van der Waals surface area contributed by atoms with Crippen LogP contribution in [0.25, 0.3) is 0 Å². The van der Waals surface area contributed by atoms with Crippen molar-refractivity contribution in [2.75, 3.05) is 13.7 Å². The Morgan fingerprint density at radius 3 is 2.57 bits per heavy atom. The van der Waals surface area contributed by atoms with Gasteiger partial charge in [0.25, 0.3) is 0 Å². The fourth-order valence-electron chi connectivity index (χ4n) is 2.73. The van der Waals surface area contributed by atoms with Crippen molar-refractivity contribution in [3.05, 3.63) is 65.2 Å². The number of sulfonamides is 1. The minimum Gasteiger partial charge on any atom is -0.465 e. The highest BCUT2D eigenvalue weighted by molar-refractivity contribution is 7.89. The van der Waals surface area contributed by atoms with Gasteiger partial charge in [0.15, 0.2) is 0 Å². The lowest BCUT2D eigenvalue weighted by molar-refractivity contribution is 0.0600. The number of carbonyl (C=O) groups is 1. The van der Waals surface area contributed by atoms with E-state index in [0.29, 0.717) is 19.5 Å². The molecule has 1 aliphatic rings. The second-order valence-corrected chi connectivity index (χ2v) is 7.31. The van der Waals surface area contributed by atoms with Crippen molar-refractivity contribution >= 4 is 16.0 Å². The lowest BCUT2D eigenvalue weighted by Crippen LogP contribution is -2.36. The maximum absolute atomic E-state index is 12.8. The maximum Gasteiger partial charge on any atom is 0.337 e. The summed E-state index contributed by atoms with van der Waals surface area (Å²) in [5.74, 6) is -0.550. The first kappa shape index (κ1) is 15.7. The highest BCUT2D eigenvalue weighted by atomic mass is 32.2. The van der Waals surface area contributed by atoms with Gasteiger partial charge in [-0.25, -0.2) is 13.2 Å². The Balaban J connectivity index is 1.92. The lowest BCUT2D eigenvalue weighted by atomic mass is 10.0. The SMILES string of the molecule is COC(=O)c1cccc(S(=O)(=O)N2CCc3ccccc3C2)c1. The van der Waals surface area contributed by atoms with E-state index in [9.17, 15) is 13.2 Å². The Labute approximate surface area is 135 Å². The number of carbonyl (C=O) groups excluding carboxylic acids is 1. The molecule has 0 aromatic heterocycles. The molecular weight excluding hydrogens is 314 g/mol. The first-order chi connectivity index (χ1) is 11.0. The van der Waals surface area contributed by atoms with Gasteiger partial charge in [-0.2, -0.15) is 4.31 Å². The van der Waals surface area contributed by atoms with Crippen molar-refractivity contribution in [3.8, 4) is 0 Å². The first-order valence-electron chi connectivity index (χ1n) is 7.27. The molecule has 0 N–H and O–H groups in total. The Hall–Kier alpha value is -2.18. The Bertz CT molecular complexity index is 845. The molecule has 6 heteroatoms. The normalized spacial score (nSPS) is 15.0. The number of rotatable bonds is 3. The molecule has 0 saturated heterocycles. The molecule has 5 nitrogen and oxygen atoms in total. The quantitative estimate of drug-likeness (QED) is 0.809. The summed E-state index contributed by atoms with van der Waals surface area (Å²) in [5, 5.41) is 0. The van der Waals surface area contributed by atoms with Crippen LogP contribution in [0.4, 0.5) is 0 Å². The first-order valence-corrected chi connectivity index (χ1v) is 8.71. The van der Waals surface area contributed by atoms with Crippen molar-refractivity contribution in [1.29, 1.82) is 0 Å². The van der Waals surface area contributed by atoms with Crippen molar-refractivity contribution < 1.29 is 17.9 Å². The average Bonchev–Trinajstić information content (AvgIpc) is 2.60. The van der Waals surface area contributed by atoms with Crippen LogP contribution in [0.3, 0.4) is 0 Å². The number of benzene rings is 2. The molecule has 0 atom stereocenters. The van der Waals surface area contributed by atoms with Gasteiger partial charge < -0.3 is 4.74 Å². The molecule has 0 aliphatic carbocycles. The second kappa shape index (κ2) is 6.14. The predicted molar refractivity (Wildman–Crippen MR) is 85.5 cm³/mol. The summed E-state index contributed by atoms with van der Waals surface area (Å²) in [4.78, 5) is 11.7. The highest BCUT2D eigenvalue weighted by Gasteiger charge is 2.28. The smallest absolute Gasteiger partial charge is 0.337 e. The zero-order chi connectivity index (χ0) is 16.4. The molecule has 1 aliphatic heterocycles. The standard InChI is InChI=1S/C17H17NO4S/c1-22-17(19)14-7-4-8-16(11-14)23(20,21)18-10-9-13-5-2-3-6-15(13)12-18/h2-8,11H,9-10,12H2,1H3. The molecule has 0 radical (unpaired) electrons. The monoisotopic (exact) mass is 331 g/mol. The Kier molecular flexibility index (Phi) is 4.19. The molecule has 2 aromatic rings. The van der Waals surface area contributed by atoms with E-state index in [2.05, 4.69) is 4.74 Å². The number of methoxy groups -OCH3 is 1. The molecule has 0 bridgehead atoms. The minimum atomic E-state index is -3.64. The van der Waals surface area contributed by atoms with Crippen LogP contribution >= 0.6 is 0 Å². The van der Waals surface area contributed by atoms with Crippen molar-refractivity contribution in [1.82, 2.24) is 4.31 Å². The lowest BCUT2D eigenvalue weighted by Gasteiger charge is -2.28. The topological polar surface area (TPSA) is 63.7 Å². The zero-order valence-corrected chi connectivity index (χ0v) is 13.5. The molecule has 23 heavy (non-hydrogen) atoms. The fraction of sp³-hybridized carbons (Fsp3) is 0.235. The zero-order valence-electron chi connectivity index (χ0n) is 12.7. The second-order valence-electron chi connectivity index (χ2n) is 5.38. The molecule has 0 spiro atoms. The molecule has 3 rings (SSSR count). The van der Waals surface area contributed by atoms with Crippen molar-refractivity contribution in [2.24, 2.45) is 0 Å². The van der Waals surface area contributed by atoms with Gasteiger partial charge in [-0.15, -0.1) is 0 Å². The van der Waals surface area contributed by atoms with Gasteiger partial charge in [0.1, 0.15) is 0 Å². The van der Waals surface area contributed by atoms with Crippen LogP contribution in [0.15, 0.2) is 53.4 Å². The Morgan fingerprint density at radius 2 is 1.83 bits per heavy atom. The average molecular weight is 331 g/mol. The number of ether oxygens (including phenoxy) is 1. The van der Waals surface area contributed by atoms with Gasteiger partial charge in [-0.3, -0.25) is 0 Å². The number of fused-ring (bicyclic) bond motifs is 1. The highest BCUT2D eigenvalue weighted by Crippen LogP contribution is 2.25. The van der Waals surface area contributed by atoms with E-state index in [4.69, 9.17) is 0 Å². The van der Waals surface area contributed by atoms with E-state index in [1.807, 2.05) is 24.3 Å². The summed E-state index contributed by atoms with van der Waals surface area (Å²) in [6, 6.07) is 13.8. The number of hydrogen-bond acceptors (Lipinski definition) is 4. The summed E-state index contributed by atoms with van der Waals surface area (Å²) in [6.07, 6.45) is 0.687. The molecular formula is C17H17NO4S. The predicted octanol–water partition coefficient (Wildman–Crippen LogP) is 2.22. The summed E-state index contributed by atoms with van der Waals surface area (Å²) < 4.78 is 31.8. The summed E-state index contributed by atoms with van der Waals surface area (Å²) in [6.45, 7) is 0.781. The molecule has 0 unspecified atom stereocenters. The molecule has 0 amide bonds. The van der Waals surface area contributed by atoms with Crippen molar-refractivity contribution in [2.45, 2.75) is 17.9 Å². The van der Waals surface area contributed by atoms with Gasteiger partial charge in [0, 0.05) is 13.1 Å². The van der Waals surface area contributed by atoms with Crippen LogP contribution in [-0.4, -0.2) is 32.3 Å². The van der Waals surface area contributed by atoms with Gasteiger partial charge in [-0.1, -0.05) is 30.3 Å². The largest absolute Gasteiger partial charge is 0.465 e. The third kappa shape index (κ3) is 3.00. The third-order valence-electron chi connectivity index (χ3n) is 3.99. The summed E-state index contributed by atoms with van der Waals surface area (Å²) in [5.41, 5.74) is 2.43. The van der Waals surface area contributed by atoms with E-state index < -0.39 is 16.0 Å². The van der Waals surface area contributed by atoms with E-state index in [-0.39, 0.29) is 10.5 Å². The van der Waals surface area contributed by atoms with Gasteiger partial charge >= 0.3 is 5.97 Å². The van der Waals surface area contributed by atoms with E-state index in [0.717, 1.165) is 5.56 Å². The van der Waals surface area contributed by atoms with E-state index in [1.54, 1.807) is 6.07 Å². The van der Waals surface area contributed by atoms with Crippen LogP contribution in [0.1, 0.15) is 21.5 Å². The molecule has 2 aromatic carbocycles. The van der Waals surface area contributed by atoms with Crippen LogP contribution in [0, 0.1) is 0 Å². The summed E-state index contributed by atoms with van der Waals surface area (Å²) >= 11 is 0. The van der Waals surface area contributed by atoms with Gasteiger partial charge in [0.05, 0.1) is 17.6 Å². The maximum atomic E-state index is 12.8. The Morgan fingerprint density at radius 1 is 1.09 bits per heavy atom. The fourth-order valence-corrected chi connectivity index (χ4v) is 4.19. The van der Waals surface area contributed by atoms with Crippen LogP contribution < -0.4 is 0 Å². The number of nitrogens with zero attached hydrogens (tertiary/aromatic N) is 1. The third-order valence-corrected chi connectivity index (χ3v) is 5.83. The number of hydrogen-bond donors (Lipinski definition) is 0. The summed E-state index contributed by atoms with van der Waals surface area (Å²) in [7, 11) is -2.37.